The number of aryl methyl sites for hydroxylation is 2. The van der Waals surface area contributed by atoms with Gasteiger partial charge in [0, 0.05) is 12.0 Å². The highest BCUT2D eigenvalue weighted by molar-refractivity contribution is 7.15. The summed E-state index contributed by atoms with van der Waals surface area (Å²) in [7, 11) is 0. The van der Waals surface area contributed by atoms with Crippen LogP contribution in [0.15, 0.2) is 24.3 Å². The van der Waals surface area contributed by atoms with Gasteiger partial charge < -0.3 is 0 Å². The SMILES string of the molecule is CCCCCc1nnc(NC(=O)c2cccc(C)c2)s1. The van der Waals surface area contributed by atoms with E-state index in [4.69, 9.17) is 0 Å². The molecule has 0 saturated heterocycles. The lowest BCUT2D eigenvalue weighted by Crippen LogP contribution is -2.11. The Labute approximate surface area is 123 Å². The molecular formula is C15H19N3OS. The summed E-state index contributed by atoms with van der Waals surface area (Å²) < 4.78 is 0. The van der Waals surface area contributed by atoms with Crippen LogP contribution in [0.2, 0.25) is 0 Å². The van der Waals surface area contributed by atoms with Gasteiger partial charge in [0.15, 0.2) is 0 Å². The molecule has 0 atom stereocenters. The second-order valence-electron chi connectivity index (χ2n) is 4.78. The van der Waals surface area contributed by atoms with Crippen LogP contribution < -0.4 is 5.32 Å². The smallest absolute Gasteiger partial charge is 0.257 e. The summed E-state index contributed by atoms with van der Waals surface area (Å²) in [4.78, 5) is 12.1. The molecule has 0 aliphatic rings. The van der Waals surface area contributed by atoms with Crippen molar-refractivity contribution in [3.8, 4) is 0 Å². The van der Waals surface area contributed by atoms with Crippen molar-refractivity contribution >= 4 is 22.4 Å². The van der Waals surface area contributed by atoms with Gasteiger partial charge in [-0.2, -0.15) is 0 Å². The highest BCUT2D eigenvalue weighted by Gasteiger charge is 2.10. The standard InChI is InChI=1S/C15H19N3OS/c1-3-4-5-9-13-17-18-15(20-13)16-14(19)12-8-6-7-11(2)10-12/h6-8,10H,3-5,9H2,1-2H3,(H,16,18,19). The highest BCUT2D eigenvalue weighted by Crippen LogP contribution is 2.18. The molecule has 1 amide bonds. The fraction of sp³-hybridized carbons (Fsp3) is 0.400. The number of nitrogens with one attached hydrogen (secondary N) is 1. The largest absolute Gasteiger partial charge is 0.296 e. The van der Waals surface area contributed by atoms with Crippen molar-refractivity contribution in [3.05, 3.63) is 40.4 Å². The summed E-state index contributed by atoms with van der Waals surface area (Å²) >= 11 is 1.46. The molecule has 4 nitrogen and oxygen atoms in total. The maximum Gasteiger partial charge on any atom is 0.257 e. The monoisotopic (exact) mass is 289 g/mol. The highest BCUT2D eigenvalue weighted by atomic mass is 32.1. The number of anilines is 1. The molecule has 1 aromatic heterocycles. The first kappa shape index (κ1) is 14.7. The zero-order chi connectivity index (χ0) is 14.4. The minimum atomic E-state index is -0.134. The number of rotatable bonds is 6. The molecule has 1 aromatic carbocycles. The van der Waals surface area contributed by atoms with Gasteiger partial charge in [-0.3, -0.25) is 10.1 Å². The molecule has 0 aliphatic heterocycles. The van der Waals surface area contributed by atoms with Crippen molar-refractivity contribution in [3.63, 3.8) is 0 Å². The molecule has 0 fully saturated rings. The van der Waals surface area contributed by atoms with Gasteiger partial charge in [0.05, 0.1) is 0 Å². The van der Waals surface area contributed by atoms with Crippen LogP contribution in [0, 0.1) is 6.92 Å². The predicted octanol–water partition coefficient (Wildman–Crippen LogP) is 3.83. The van der Waals surface area contributed by atoms with Crippen LogP contribution in [-0.4, -0.2) is 16.1 Å². The van der Waals surface area contributed by atoms with E-state index in [1.54, 1.807) is 6.07 Å². The normalized spacial score (nSPS) is 10.5. The lowest BCUT2D eigenvalue weighted by molar-refractivity contribution is 0.102. The van der Waals surface area contributed by atoms with E-state index in [9.17, 15) is 4.79 Å². The quantitative estimate of drug-likeness (QED) is 0.822. The maximum absolute atomic E-state index is 12.1. The van der Waals surface area contributed by atoms with E-state index in [0.717, 1.165) is 23.4 Å². The van der Waals surface area contributed by atoms with Crippen molar-refractivity contribution in [2.24, 2.45) is 0 Å². The van der Waals surface area contributed by atoms with Crippen LogP contribution in [0.5, 0.6) is 0 Å². The van der Waals surface area contributed by atoms with Gasteiger partial charge in [-0.25, -0.2) is 0 Å². The second kappa shape index (κ2) is 7.14. The predicted molar refractivity (Wildman–Crippen MR) is 82.3 cm³/mol. The van der Waals surface area contributed by atoms with Crippen molar-refractivity contribution in [2.75, 3.05) is 5.32 Å². The Morgan fingerprint density at radius 2 is 2.15 bits per heavy atom. The topological polar surface area (TPSA) is 54.9 Å². The number of benzene rings is 1. The molecule has 2 rings (SSSR count). The van der Waals surface area contributed by atoms with Gasteiger partial charge in [0.1, 0.15) is 5.01 Å². The number of carbonyl (C=O) groups excluding carboxylic acids is 1. The first-order valence-corrected chi connectivity index (χ1v) is 7.71. The molecule has 106 valence electrons. The molecule has 0 radical (unpaired) electrons. The molecule has 0 unspecified atom stereocenters. The van der Waals surface area contributed by atoms with Crippen LogP contribution in [0.3, 0.4) is 0 Å². The third-order valence-corrected chi connectivity index (χ3v) is 3.86. The first-order chi connectivity index (χ1) is 9.69. The Morgan fingerprint density at radius 1 is 1.30 bits per heavy atom. The van der Waals surface area contributed by atoms with Gasteiger partial charge in [-0.05, 0) is 25.5 Å². The summed E-state index contributed by atoms with van der Waals surface area (Å²) in [6, 6.07) is 7.50. The molecule has 0 saturated carbocycles. The molecule has 0 aliphatic carbocycles. The summed E-state index contributed by atoms with van der Waals surface area (Å²) in [5.74, 6) is -0.134. The van der Waals surface area contributed by atoms with Gasteiger partial charge in [-0.1, -0.05) is 48.8 Å². The number of aromatic nitrogens is 2. The van der Waals surface area contributed by atoms with E-state index in [1.807, 2.05) is 25.1 Å². The molecule has 1 heterocycles. The van der Waals surface area contributed by atoms with Gasteiger partial charge >= 0.3 is 0 Å². The minimum absolute atomic E-state index is 0.134. The fourth-order valence-electron chi connectivity index (χ4n) is 1.89. The molecule has 0 bridgehead atoms. The summed E-state index contributed by atoms with van der Waals surface area (Å²) in [5.41, 5.74) is 1.71. The number of amides is 1. The summed E-state index contributed by atoms with van der Waals surface area (Å²) in [6.07, 6.45) is 4.45. The van der Waals surface area contributed by atoms with Gasteiger partial charge in [0.25, 0.3) is 5.91 Å². The number of hydrogen-bond acceptors (Lipinski definition) is 4. The van der Waals surface area contributed by atoms with Crippen molar-refractivity contribution in [2.45, 2.75) is 39.5 Å². The van der Waals surface area contributed by atoms with Crippen LogP contribution in [0.25, 0.3) is 0 Å². The van der Waals surface area contributed by atoms with E-state index in [-0.39, 0.29) is 5.91 Å². The fourth-order valence-corrected chi connectivity index (χ4v) is 2.66. The maximum atomic E-state index is 12.1. The van der Waals surface area contributed by atoms with Crippen LogP contribution >= 0.6 is 11.3 Å². The third-order valence-electron chi connectivity index (χ3n) is 2.96. The Bertz CT molecular complexity index is 580. The number of unbranched alkanes of at least 4 members (excludes halogenated alkanes) is 2. The van der Waals surface area contributed by atoms with Crippen LogP contribution in [0.4, 0.5) is 5.13 Å². The molecule has 20 heavy (non-hydrogen) atoms. The summed E-state index contributed by atoms with van der Waals surface area (Å²) in [5, 5.41) is 12.5. The lowest BCUT2D eigenvalue weighted by Gasteiger charge is -2.01. The number of nitrogens with zero attached hydrogens (tertiary/aromatic N) is 2. The van der Waals surface area contributed by atoms with E-state index < -0.39 is 0 Å². The molecule has 0 spiro atoms. The molecule has 1 N–H and O–H groups in total. The molecule has 2 aromatic rings. The second-order valence-corrected chi connectivity index (χ2v) is 5.84. The third kappa shape index (κ3) is 4.13. The Morgan fingerprint density at radius 3 is 2.90 bits per heavy atom. The minimum Gasteiger partial charge on any atom is -0.296 e. The van der Waals surface area contributed by atoms with Gasteiger partial charge in [0.2, 0.25) is 5.13 Å². The van der Waals surface area contributed by atoms with Gasteiger partial charge in [-0.15, -0.1) is 10.2 Å². The average Bonchev–Trinajstić information content (AvgIpc) is 2.86. The van der Waals surface area contributed by atoms with E-state index in [1.165, 1.54) is 24.2 Å². The Balaban J connectivity index is 1.94. The Kier molecular flexibility index (Phi) is 5.24. The van der Waals surface area contributed by atoms with E-state index in [2.05, 4.69) is 22.4 Å². The zero-order valence-electron chi connectivity index (χ0n) is 11.8. The van der Waals surface area contributed by atoms with E-state index in [0.29, 0.717) is 10.7 Å². The molecule has 5 heteroatoms. The first-order valence-electron chi connectivity index (χ1n) is 6.89. The summed E-state index contributed by atoms with van der Waals surface area (Å²) in [6.45, 7) is 4.14. The average molecular weight is 289 g/mol. The van der Waals surface area contributed by atoms with Crippen molar-refractivity contribution in [1.29, 1.82) is 0 Å². The van der Waals surface area contributed by atoms with Crippen molar-refractivity contribution < 1.29 is 4.79 Å². The lowest BCUT2D eigenvalue weighted by atomic mass is 10.1. The van der Waals surface area contributed by atoms with Crippen molar-refractivity contribution in [1.82, 2.24) is 10.2 Å². The zero-order valence-corrected chi connectivity index (χ0v) is 12.7. The Hall–Kier alpha value is -1.75. The van der Waals surface area contributed by atoms with Crippen LogP contribution in [0.1, 0.15) is 47.1 Å². The van der Waals surface area contributed by atoms with E-state index >= 15 is 0 Å². The number of hydrogen-bond donors (Lipinski definition) is 1. The van der Waals surface area contributed by atoms with Crippen LogP contribution in [-0.2, 0) is 6.42 Å². The number of carbonyl (C=O) groups is 1. The molecular weight excluding hydrogens is 270 g/mol.